The highest BCUT2D eigenvalue weighted by atomic mass is 32.2. The van der Waals surface area contributed by atoms with E-state index in [1.165, 1.54) is 6.20 Å². The van der Waals surface area contributed by atoms with Gasteiger partial charge in [0.15, 0.2) is 11.5 Å². The summed E-state index contributed by atoms with van der Waals surface area (Å²) in [5, 5.41) is 0. The van der Waals surface area contributed by atoms with Gasteiger partial charge in [0.1, 0.15) is 4.90 Å². The zero-order chi connectivity index (χ0) is 15.0. The Bertz CT molecular complexity index is 783. The maximum atomic E-state index is 12.3. The fraction of sp³-hybridized carbons (Fsp3) is 0.231. The molecule has 3 rings (SSSR count). The molecule has 0 atom stereocenters. The molecule has 1 aliphatic rings. The smallest absolute Gasteiger partial charge is 0.263 e. The summed E-state index contributed by atoms with van der Waals surface area (Å²) in [5.74, 6) is 1.12. The van der Waals surface area contributed by atoms with Gasteiger partial charge in [0.2, 0.25) is 6.79 Å². The van der Waals surface area contributed by atoms with Crippen LogP contribution in [0, 0.1) is 0 Å². The standard InChI is InChI=1S/C13H15N3O4S/c1-16-7-11(5-10(16)6-14)21(17,18)15-9-2-3-12-13(4-9)20-8-19-12/h2-5,7,15H,6,8,14H2,1H3. The second-order valence-corrected chi connectivity index (χ2v) is 6.34. The molecule has 0 saturated heterocycles. The summed E-state index contributed by atoms with van der Waals surface area (Å²) >= 11 is 0. The monoisotopic (exact) mass is 309 g/mol. The lowest BCUT2D eigenvalue weighted by atomic mass is 10.3. The minimum absolute atomic E-state index is 0.143. The first-order chi connectivity index (χ1) is 9.99. The summed E-state index contributed by atoms with van der Waals surface area (Å²) in [6, 6.07) is 6.43. The molecule has 2 heterocycles. The second kappa shape index (κ2) is 4.97. The van der Waals surface area contributed by atoms with E-state index in [1.54, 1.807) is 35.9 Å². The van der Waals surface area contributed by atoms with Crippen LogP contribution in [0.2, 0.25) is 0 Å². The highest BCUT2D eigenvalue weighted by Crippen LogP contribution is 2.34. The second-order valence-electron chi connectivity index (χ2n) is 4.66. The summed E-state index contributed by atoms with van der Waals surface area (Å²) in [6.45, 7) is 0.417. The normalized spacial score (nSPS) is 13.4. The van der Waals surface area contributed by atoms with Gasteiger partial charge < -0.3 is 19.8 Å². The van der Waals surface area contributed by atoms with Gasteiger partial charge >= 0.3 is 0 Å². The lowest BCUT2D eigenvalue weighted by molar-refractivity contribution is 0.174. The van der Waals surface area contributed by atoms with Crippen LogP contribution >= 0.6 is 0 Å². The Labute approximate surface area is 122 Å². The molecule has 3 N–H and O–H groups in total. The van der Waals surface area contributed by atoms with Gasteiger partial charge in [-0.15, -0.1) is 0 Å². The van der Waals surface area contributed by atoms with Gasteiger partial charge in [0, 0.05) is 31.5 Å². The lowest BCUT2D eigenvalue weighted by Gasteiger charge is -2.07. The predicted molar refractivity (Wildman–Crippen MR) is 76.7 cm³/mol. The molecule has 7 nitrogen and oxygen atoms in total. The zero-order valence-electron chi connectivity index (χ0n) is 11.4. The number of benzene rings is 1. The van der Waals surface area contributed by atoms with E-state index < -0.39 is 10.0 Å². The molecule has 0 unspecified atom stereocenters. The quantitative estimate of drug-likeness (QED) is 0.879. The predicted octanol–water partition coefficient (Wildman–Crippen LogP) is 1.01. The Morgan fingerprint density at radius 1 is 1.29 bits per heavy atom. The van der Waals surface area contributed by atoms with Gasteiger partial charge in [-0.2, -0.15) is 0 Å². The van der Waals surface area contributed by atoms with Crippen molar-refractivity contribution < 1.29 is 17.9 Å². The Hall–Kier alpha value is -2.19. The minimum atomic E-state index is -3.67. The van der Waals surface area contributed by atoms with Crippen LogP contribution in [-0.2, 0) is 23.6 Å². The molecule has 0 fully saturated rings. The first-order valence-corrected chi connectivity index (χ1v) is 7.76. The molecule has 21 heavy (non-hydrogen) atoms. The third-order valence-electron chi connectivity index (χ3n) is 3.23. The van der Waals surface area contributed by atoms with E-state index in [4.69, 9.17) is 15.2 Å². The molecule has 0 spiro atoms. The van der Waals surface area contributed by atoms with E-state index in [1.807, 2.05) is 0 Å². The van der Waals surface area contributed by atoms with Crippen LogP contribution in [0.5, 0.6) is 11.5 Å². The van der Waals surface area contributed by atoms with Crippen LogP contribution in [0.4, 0.5) is 5.69 Å². The number of hydrogen-bond acceptors (Lipinski definition) is 5. The van der Waals surface area contributed by atoms with Crippen molar-refractivity contribution in [2.45, 2.75) is 11.4 Å². The molecular weight excluding hydrogens is 294 g/mol. The fourth-order valence-corrected chi connectivity index (χ4v) is 3.24. The van der Waals surface area contributed by atoms with Gasteiger partial charge in [0.25, 0.3) is 10.0 Å². The fourth-order valence-electron chi connectivity index (χ4n) is 2.10. The number of anilines is 1. The third kappa shape index (κ3) is 2.55. The van der Waals surface area contributed by atoms with Gasteiger partial charge in [-0.05, 0) is 18.2 Å². The number of aryl methyl sites for hydroxylation is 1. The van der Waals surface area contributed by atoms with Crippen molar-refractivity contribution in [3.8, 4) is 11.5 Å². The van der Waals surface area contributed by atoms with Crippen LogP contribution < -0.4 is 19.9 Å². The zero-order valence-corrected chi connectivity index (χ0v) is 12.2. The molecule has 0 saturated carbocycles. The van der Waals surface area contributed by atoms with Crippen molar-refractivity contribution >= 4 is 15.7 Å². The number of sulfonamides is 1. The number of nitrogens with one attached hydrogen (secondary N) is 1. The lowest BCUT2D eigenvalue weighted by Crippen LogP contribution is -2.12. The van der Waals surface area contributed by atoms with E-state index in [2.05, 4.69) is 4.72 Å². The topological polar surface area (TPSA) is 95.6 Å². The summed E-state index contributed by atoms with van der Waals surface area (Å²) < 4.78 is 39.3. The van der Waals surface area contributed by atoms with Gasteiger partial charge in [-0.3, -0.25) is 4.72 Å². The average Bonchev–Trinajstić information content (AvgIpc) is 3.04. The third-order valence-corrected chi connectivity index (χ3v) is 4.58. The van der Waals surface area contributed by atoms with Crippen molar-refractivity contribution in [2.75, 3.05) is 11.5 Å². The van der Waals surface area contributed by atoms with E-state index in [-0.39, 0.29) is 18.2 Å². The molecule has 8 heteroatoms. The molecule has 0 bridgehead atoms. The van der Waals surface area contributed by atoms with Gasteiger partial charge in [-0.1, -0.05) is 0 Å². The maximum absolute atomic E-state index is 12.3. The van der Waals surface area contributed by atoms with Crippen molar-refractivity contribution in [2.24, 2.45) is 12.8 Å². The molecule has 1 aromatic carbocycles. The van der Waals surface area contributed by atoms with Crippen LogP contribution in [-0.4, -0.2) is 19.8 Å². The highest BCUT2D eigenvalue weighted by molar-refractivity contribution is 7.92. The van der Waals surface area contributed by atoms with Crippen molar-refractivity contribution in [3.05, 3.63) is 36.2 Å². The molecule has 0 aliphatic carbocycles. The number of hydrogen-bond donors (Lipinski definition) is 2. The average molecular weight is 309 g/mol. The van der Waals surface area contributed by atoms with E-state index in [0.717, 1.165) is 5.69 Å². The number of fused-ring (bicyclic) bond motifs is 1. The summed E-state index contributed by atoms with van der Waals surface area (Å²) in [7, 11) is -1.91. The number of rotatable bonds is 4. The maximum Gasteiger partial charge on any atom is 0.263 e. The molecule has 0 amide bonds. The largest absolute Gasteiger partial charge is 0.454 e. The first-order valence-electron chi connectivity index (χ1n) is 6.27. The summed E-state index contributed by atoms with van der Waals surface area (Å²) in [6.07, 6.45) is 1.53. The summed E-state index contributed by atoms with van der Waals surface area (Å²) in [4.78, 5) is 0.170. The van der Waals surface area contributed by atoms with Crippen molar-refractivity contribution in [3.63, 3.8) is 0 Å². The summed E-state index contributed by atoms with van der Waals surface area (Å²) in [5.41, 5.74) is 6.71. The molecular formula is C13H15N3O4S. The molecule has 112 valence electrons. The number of nitrogens with zero attached hydrogens (tertiary/aromatic N) is 1. The van der Waals surface area contributed by atoms with Crippen LogP contribution in [0.3, 0.4) is 0 Å². The molecule has 0 radical (unpaired) electrons. The van der Waals surface area contributed by atoms with Gasteiger partial charge in [0.05, 0.1) is 5.69 Å². The highest BCUT2D eigenvalue weighted by Gasteiger charge is 2.19. The SMILES string of the molecule is Cn1cc(S(=O)(=O)Nc2ccc3c(c2)OCO3)cc1CN. The van der Waals surface area contributed by atoms with E-state index in [9.17, 15) is 8.42 Å². The number of aromatic nitrogens is 1. The Morgan fingerprint density at radius 3 is 2.76 bits per heavy atom. The Morgan fingerprint density at radius 2 is 2.05 bits per heavy atom. The van der Waals surface area contributed by atoms with Crippen LogP contribution in [0.25, 0.3) is 0 Å². The first kappa shape index (κ1) is 13.8. The van der Waals surface area contributed by atoms with Crippen molar-refractivity contribution in [1.82, 2.24) is 4.57 Å². The number of ether oxygens (including phenoxy) is 2. The van der Waals surface area contributed by atoms with Crippen molar-refractivity contribution in [1.29, 1.82) is 0 Å². The van der Waals surface area contributed by atoms with E-state index >= 15 is 0 Å². The van der Waals surface area contributed by atoms with Crippen LogP contribution in [0.15, 0.2) is 35.4 Å². The van der Waals surface area contributed by atoms with Crippen LogP contribution in [0.1, 0.15) is 5.69 Å². The molecule has 2 aromatic rings. The Balaban J connectivity index is 1.88. The Kier molecular flexibility index (Phi) is 3.26. The minimum Gasteiger partial charge on any atom is -0.454 e. The number of nitrogens with two attached hydrogens (primary N) is 1. The van der Waals surface area contributed by atoms with Gasteiger partial charge in [-0.25, -0.2) is 8.42 Å². The molecule has 1 aliphatic heterocycles. The molecule has 1 aromatic heterocycles. The van der Waals surface area contributed by atoms with E-state index in [0.29, 0.717) is 17.2 Å².